The maximum absolute atomic E-state index is 12.5. The van der Waals surface area contributed by atoms with Crippen molar-refractivity contribution in [2.45, 2.75) is 31.4 Å². The molecule has 0 unspecified atom stereocenters. The third-order valence-electron chi connectivity index (χ3n) is 5.27. The van der Waals surface area contributed by atoms with Crippen LogP contribution >= 0.6 is 0 Å². The van der Waals surface area contributed by atoms with E-state index in [0.29, 0.717) is 19.6 Å². The maximum atomic E-state index is 12.5. The summed E-state index contributed by atoms with van der Waals surface area (Å²) in [5.74, 6) is 0.864. The fraction of sp³-hybridized carbons (Fsp3) is 0.450. The normalized spacial score (nSPS) is 22.7. The number of nitriles is 1. The number of ether oxygens (including phenoxy) is 1. The average molecular weight is 365 g/mol. The second-order valence-electron chi connectivity index (χ2n) is 7.09. The van der Waals surface area contributed by atoms with Gasteiger partial charge in [-0.25, -0.2) is 0 Å². The summed E-state index contributed by atoms with van der Waals surface area (Å²) in [6.45, 7) is 2.60. The Hall–Kier alpha value is -2.85. The van der Waals surface area contributed by atoms with Gasteiger partial charge in [-0.15, -0.1) is 0 Å². The van der Waals surface area contributed by atoms with Crippen LogP contribution in [0.2, 0.25) is 0 Å². The number of carbonyl (C=O) groups excluding carboxylic acids is 1. The van der Waals surface area contributed by atoms with Crippen LogP contribution in [-0.4, -0.2) is 64.2 Å². The standard InChI is InChI=1S/C20H23N5O2/c21-12-15-4-3-10-25(15)20(26)14-24-11-8-16(13-24)27-19-6-2-1-5-17(19)18-7-9-22-23-18/h1-2,5-7,9,15-16H,3-4,8,10-11,13-14H2,(H,22,23)/t15-,16-/m0/s1. The third kappa shape index (κ3) is 3.81. The predicted octanol–water partition coefficient (Wildman–Crippen LogP) is 2.04. The molecule has 1 N–H and O–H groups in total. The second-order valence-corrected chi connectivity index (χ2v) is 7.09. The Bertz CT molecular complexity index is 829. The van der Waals surface area contributed by atoms with Crippen molar-refractivity contribution in [2.24, 2.45) is 0 Å². The molecule has 0 spiro atoms. The van der Waals surface area contributed by atoms with E-state index < -0.39 is 0 Å². The van der Waals surface area contributed by atoms with E-state index in [1.807, 2.05) is 30.3 Å². The van der Waals surface area contributed by atoms with Crippen molar-refractivity contribution < 1.29 is 9.53 Å². The summed E-state index contributed by atoms with van der Waals surface area (Å²) in [6, 6.07) is 11.8. The Morgan fingerprint density at radius 2 is 2.19 bits per heavy atom. The molecule has 0 aliphatic carbocycles. The van der Waals surface area contributed by atoms with Crippen LogP contribution in [0, 0.1) is 11.3 Å². The van der Waals surface area contributed by atoms with Gasteiger partial charge in [0.05, 0.1) is 18.3 Å². The molecule has 2 saturated heterocycles. The number of carbonyl (C=O) groups is 1. The van der Waals surface area contributed by atoms with Crippen LogP contribution in [0.1, 0.15) is 19.3 Å². The topological polar surface area (TPSA) is 85.3 Å². The van der Waals surface area contributed by atoms with Gasteiger partial charge < -0.3 is 9.64 Å². The number of nitrogens with one attached hydrogen (secondary N) is 1. The minimum atomic E-state index is -0.257. The van der Waals surface area contributed by atoms with Gasteiger partial charge in [-0.05, 0) is 37.5 Å². The molecule has 0 radical (unpaired) electrons. The van der Waals surface area contributed by atoms with Gasteiger partial charge in [0.15, 0.2) is 0 Å². The number of hydrogen-bond acceptors (Lipinski definition) is 5. The number of amides is 1. The number of aromatic amines is 1. The van der Waals surface area contributed by atoms with E-state index in [4.69, 9.17) is 4.74 Å². The molecule has 140 valence electrons. The van der Waals surface area contributed by atoms with E-state index in [0.717, 1.165) is 42.8 Å². The highest BCUT2D eigenvalue weighted by Gasteiger charge is 2.32. The molecule has 0 saturated carbocycles. The van der Waals surface area contributed by atoms with Crippen molar-refractivity contribution in [1.82, 2.24) is 20.0 Å². The molecule has 7 heteroatoms. The quantitative estimate of drug-likeness (QED) is 0.876. The number of para-hydroxylation sites is 1. The molecule has 27 heavy (non-hydrogen) atoms. The maximum Gasteiger partial charge on any atom is 0.237 e. The third-order valence-corrected chi connectivity index (χ3v) is 5.27. The Morgan fingerprint density at radius 1 is 1.30 bits per heavy atom. The van der Waals surface area contributed by atoms with Crippen LogP contribution in [0.4, 0.5) is 0 Å². The van der Waals surface area contributed by atoms with Crippen LogP contribution in [0.5, 0.6) is 5.75 Å². The summed E-state index contributed by atoms with van der Waals surface area (Å²) in [4.78, 5) is 16.4. The Balaban J connectivity index is 1.36. The van der Waals surface area contributed by atoms with Crippen molar-refractivity contribution in [3.8, 4) is 23.1 Å². The largest absolute Gasteiger partial charge is 0.488 e. The fourth-order valence-electron chi connectivity index (χ4n) is 3.89. The summed E-state index contributed by atoms with van der Waals surface area (Å²) in [7, 11) is 0. The predicted molar refractivity (Wildman–Crippen MR) is 99.8 cm³/mol. The first-order chi connectivity index (χ1) is 13.2. The van der Waals surface area contributed by atoms with Crippen molar-refractivity contribution >= 4 is 5.91 Å². The molecule has 2 aromatic rings. The Labute approximate surface area is 158 Å². The van der Waals surface area contributed by atoms with Crippen LogP contribution in [0.15, 0.2) is 36.5 Å². The van der Waals surface area contributed by atoms with E-state index >= 15 is 0 Å². The first-order valence-corrected chi connectivity index (χ1v) is 9.42. The van der Waals surface area contributed by atoms with Gasteiger partial charge in [0.2, 0.25) is 5.91 Å². The number of H-pyrrole nitrogens is 1. The van der Waals surface area contributed by atoms with Gasteiger partial charge in [0.25, 0.3) is 0 Å². The zero-order valence-corrected chi connectivity index (χ0v) is 15.2. The van der Waals surface area contributed by atoms with Gasteiger partial charge in [-0.3, -0.25) is 14.8 Å². The lowest BCUT2D eigenvalue weighted by molar-refractivity contribution is -0.132. The summed E-state index contributed by atoms with van der Waals surface area (Å²) in [6.07, 6.45) is 4.42. The van der Waals surface area contributed by atoms with E-state index in [1.165, 1.54) is 0 Å². The highest BCUT2D eigenvalue weighted by Crippen LogP contribution is 2.30. The molecule has 1 aromatic carbocycles. The molecule has 4 rings (SSSR count). The lowest BCUT2D eigenvalue weighted by atomic mass is 10.1. The van der Waals surface area contributed by atoms with Crippen molar-refractivity contribution in [1.29, 1.82) is 5.26 Å². The fourth-order valence-corrected chi connectivity index (χ4v) is 3.89. The van der Waals surface area contributed by atoms with Crippen molar-refractivity contribution in [3.05, 3.63) is 36.5 Å². The highest BCUT2D eigenvalue weighted by molar-refractivity contribution is 5.79. The van der Waals surface area contributed by atoms with Gasteiger partial charge >= 0.3 is 0 Å². The van der Waals surface area contributed by atoms with Crippen LogP contribution < -0.4 is 4.74 Å². The first kappa shape index (κ1) is 17.6. The number of aromatic nitrogens is 2. The number of rotatable bonds is 5. The Kier molecular flexibility index (Phi) is 5.07. The van der Waals surface area contributed by atoms with E-state index in [2.05, 4.69) is 21.2 Å². The van der Waals surface area contributed by atoms with Crippen LogP contribution in [0.3, 0.4) is 0 Å². The zero-order valence-electron chi connectivity index (χ0n) is 15.2. The second kappa shape index (κ2) is 7.80. The molecule has 2 aliphatic rings. The number of nitrogens with zero attached hydrogens (tertiary/aromatic N) is 4. The lowest BCUT2D eigenvalue weighted by Crippen LogP contribution is -2.42. The smallest absolute Gasteiger partial charge is 0.237 e. The first-order valence-electron chi connectivity index (χ1n) is 9.42. The van der Waals surface area contributed by atoms with E-state index in [9.17, 15) is 10.1 Å². The number of benzene rings is 1. The SMILES string of the molecule is N#C[C@@H]1CCCN1C(=O)CN1CC[C@H](Oc2ccccc2-c2cc[nH]n2)C1. The van der Waals surface area contributed by atoms with E-state index in [1.54, 1.807) is 11.1 Å². The summed E-state index contributed by atoms with van der Waals surface area (Å²) < 4.78 is 6.24. The van der Waals surface area contributed by atoms with Crippen LogP contribution in [0.25, 0.3) is 11.3 Å². The van der Waals surface area contributed by atoms with Gasteiger partial charge in [0, 0.05) is 31.4 Å². The lowest BCUT2D eigenvalue weighted by Gasteiger charge is -2.23. The molecule has 2 atom stereocenters. The number of likely N-dealkylation sites (tertiary alicyclic amines) is 2. The molecular weight excluding hydrogens is 342 g/mol. The summed E-state index contributed by atoms with van der Waals surface area (Å²) in [5, 5.41) is 16.2. The molecule has 3 heterocycles. The zero-order chi connectivity index (χ0) is 18.6. The Morgan fingerprint density at radius 3 is 3.00 bits per heavy atom. The molecular formula is C20H23N5O2. The molecule has 2 aliphatic heterocycles. The highest BCUT2D eigenvalue weighted by atomic mass is 16.5. The summed E-state index contributed by atoms with van der Waals surface area (Å²) in [5.41, 5.74) is 1.81. The number of hydrogen-bond donors (Lipinski definition) is 1. The van der Waals surface area contributed by atoms with Crippen molar-refractivity contribution in [2.75, 3.05) is 26.2 Å². The minimum absolute atomic E-state index is 0.0447. The van der Waals surface area contributed by atoms with Gasteiger partial charge in [-0.2, -0.15) is 10.4 Å². The molecule has 1 amide bonds. The van der Waals surface area contributed by atoms with Gasteiger partial charge in [0.1, 0.15) is 17.9 Å². The van der Waals surface area contributed by atoms with E-state index in [-0.39, 0.29) is 18.1 Å². The molecule has 1 aromatic heterocycles. The monoisotopic (exact) mass is 365 g/mol. The minimum Gasteiger partial charge on any atom is -0.488 e. The molecule has 2 fully saturated rings. The van der Waals surface area contributed by atoms with Gasteiger partial charge in [-0.1, -0.05) is 12.1 Å². The molecule has 7 nitrogen and oxygen atoms in total. The van der Waals surface area contributed by atoms with Crippen LogP contribution in [-0.2, 0) is 4.79 Å². The average Bonchev–Trinajstić information content (AvgIpc) is 3.44. The molecule has 0 bridgehead atoms. The summed E-state index contributed by atoms with van der Waals surface area (Å²) >= 11 is 0. The van der Waals surface area contributed by atoms with Crippen molar-refractivity contribution in [3.63, 3.8) is 0 Å².